The van der Waals surface area contributed by atoms with Gasteiger partial charge in [0.2, 0.25) is 5.95 Å². The molecule has 1 aliphatic heterocycles. The van der Waals surface area contributed by atoms with Gasteiger partial charge in [-0.2, -0.15) is 4.98 Å². The van der Waals surface area contributed by atoms with Crippen LogP contribution in [0.1, 0.15) is 28.7 Å². The quantitative estimate of drug-likeness (QED) is 0.172. The monoisotopic (exact) mass is 646 g/mol. The number of hydrogen-bond donors (Lipinski definition) is 1. The highest BCUT2D eigenvalue weighted by atomic mass is 35.5. The van der Waals surface area contributed by atoms with E-state index in [9.17, 15) is 9.18 Å². The number of rotatable bonds is 11. The second-order valence-corrected chi connectivity index (χ2v) is 12.1. The predicted octanol–water partition coefficient (Wildman–Crippen LogP) is 7.16. The summed E-state index contributed by atoms with van der Waals surface area (Å²) in [5, 5.41) is 3.59. The van der Waals surface area contributed by atoms with Gasteiger partial charge in [0, 0.05) is 55.7 Å². The van der Waals surface area contributed by atoms with Gasteiger partial charge in [0.15, 0.2) is 11.6 Å². The summed E-state index contributed by atoms with van der Waals surface area (Å²) in [6.07, 6.45) is 1.74. The van der Waals surface area contributed by atoms with Crippen LogP contribution in [-0.2, 0) is 6.54 Å². The van der Waals surface area contributed by atoms with Gasteiger partial charge in [0.25, 0.3) is 0 Å². The molecule has 1 aliphatic rings. The predicted molar refractivity (Wildman–Crippen MR) is 180 cm³/mol. The largest absolute Gasteiger partial charge is 0.490 e. The zero-order chi connectivity index (χ0) is 32.6. The van der Waals surface area contributed by atoms with Gasteiger partial charge in [-0.3, -0.25) is 4.90 Å². The van der Waals surface area contributed by atoms with E-state index in [-0.39, 0.29) is 18.2 Å². The first-order valence-corrected chi connectivity index (χ1v) is 15.8. The maximum atomic E-state index is 15.0. The lowest BCUT2D eigenvalue weighted by Gasteiger charge is -2.32. The Morgan fingerprint density at radius 3 is 2.50 bits per heavy atom. The Hall–Kier alpha value is -4.25. The van der Waals surface area contributed by atoms with E-state index in [2.05, 4.69) is 32.1 Å². The van der Waals surface area contributed by atoms with Crippen molar-refractivity contribution in [3.8, 4) is 11.5 Å². The van der Waals surface area contributed by atoms with Crippen molar-refractivity contribution in [2.45, 2.75) is 33.7 Å². The molecule has 46 heavy (non-hydrogen) atoms. The molecule has 0 atom stereocenters. The van der Waals surface area contributed by atoms with E-state index in [0.717, 1.165) is 61.4 Å². The fourth-order valence-corrected chi connectivity index (χ4v) is 5.67. The molecule has 1 N–H and O–H groups in total. The molecular weight excluding hydrogens is 607 g/mol. The highest BCUT2D eigenvalue weighted by Gasteiger charge is 2.23. The van der Waals surface area contributed by atoms with Crippen molar-refractivity contribution in [3.63, 3.8) is 0 Å². The van der Waals surface area contributed by atoms with Crippen LogP contribution in [0.15, 0.2) is 66.9 Å². The fraction of sp³-hybridized carbons (Fsp3) is 0.343. The summed E-state index contributed by atoms with van der Waals surface area (Å²) < 4.78 is 26.6. The van der Waals surface area contributed by atoms with E-state index in [1.807, 2.05) is 45.0 Å². The number of carbonyl (C=O) groups is 1. The number of ether oxygens (including phenoxy) is 2. The molecule has 4 aromatic rings. The molecule has 1 aromatic heterocycles. The number of aromatic nitrogens is 2. The second kappa shape index (κ2) is 15.4. The third-order valence-electron chi connectivity index (χ3n) is 7.82. The minimum absolute atomic E-state index is 0.148. The van der Waals surface area contributed by atoms with Gasteiger partial charge in [0.05, 0.1) is 13.2 Å². The maximum absolute atomic E-state index is 15.0. The number of anilines is 3. The van der Waals surface area contributed by atoms with Gasteiger partial charge in [-0.1, -0.05) is 41.4 Å². The molecule has 242 valence electrons. The van der Waals surface area contributed by atoms with E-state index >= 15 is 0 Å². The molecule has 11 heteroatoms. The summed E-state index contributed by atoms with van der Waals surface area (Å²) >= 11 is 6.24. The number of nitrogens with one attached hydrogen (secondary N) is 1. The standard InChI is InChI=1S/C35H40ClFN6O3/c1-24-19-25(2)33(26(3)20-24)46-35(44)43(23-27-7-5-8-28(36)21-27)32-11-12-38-34(40-32)39-29-9-10-31(30(37)22-29)45-18-6-13-42-16-14-41(4)15-17-42/h5,7-12,19-22H,6,13-18,23H2,1-4H3,(H,38,39,40). The van der Waals surface area contributed by atoms with Gasteiger partial charge in [0.1, 0.15) is 11.6 Å². The van der Waals surface area contributed by atoms with Crippen molar-refractivity contribution < 1.29 is 18.7 Å². The number of nitrogens with zero attached hydrogens (tertiary/aromatic N) is 5. The van der Waals surface area contributed by atoms with Crippen LogP contribution in [0.4, 0.5) is 26.6 Å². The first kappa shape index (κ1) is 33.1. The van der Waals surface area contributed by atoms with Crippen molar-refractivity contribution in [1.82, 2.24) is 19.8 Å². The van der Waals surface area contributed by atoms with Gasteiger partial charge in [-0.05, 0) is 81.3 Å². The third kappa shape index (κ3) is 8.93. The molecule has 1 amide bonds. The molecule has 1 saturated heterocycles. The van der Waals surface area contributed by atoms with Crippen LogP contribution >= 0.6 is 11.6 Å². The average molecular weight is 647 g/mol. The molecule has 0 unspecified atom stereocenters. The van der Waals surface area contributed by atoms with Crippen LogP contribution in [0.3, 0.4) is 0 Å². The zero-order valence-electron chi connectivity index (χ0n) is 26.7. The number of likely N-dealkylation sites (N-methyl/N-ethyl adjacent to an activating group) is 1. The second-order valence-electron chi connectivity index (χ2n) is 11.7. The van der Waals surface area contributed by atoms with Crippen LogP contribution in [0.5, 0.6) is 11.5 Å². The fourth-order valence-electron chi connectivity index (χ4n) is 5.45. The normalized spacial score (nSPS) is 13.8. The number of halogens is 2. The minimum Gasteiger partial charge on any atom is -0.490 e. The molecule has 0 aliphatic carbocycles. The number of aryl methyl sites for hydroxylation is 3. The summed E-state index contributed by atoms with van der Waals surface area (Å²) in [6, 6.07) is 17.4. The first-order valence-electron chi connectivity index (χ1n) is 15.4. The topological polar surface area (TPSA) is 83.1 Å². The molecule has 2 heterocycles. The Balaban J connectivity index is 1.27. The number of piperazine rings is 1. The van der Waals surface area contributed by atoms with Crippen molar-refractivity contribution in [2.75, 3.05) is 56.6 Å². The number of hydrogen-bond acceptors (Lipinski definition) is 8. The van der Waals surface area contributed by atoms with E-state index < -0.39 is 11.9 Å². The van der Waals surface area contributed by atoms with Gasteiger partial charge < -0.3 is 24.6 Å². The van der Waals surface area contributed by atoms with E-state index in [4.69, 9.17) is 21.1 Å². The molecule has 3 aromatic carbocycles. The first-order chi connectivity index (χ1) is 22.1. The van der Waals surface area contributed by atoms with Crippen molar-refractivity contribution in [3.05, 3.63) is 100.0 Å². The van der Waals surface area contributed by atoms with Crippen LogP contribution < -0.4 is 19.7 Å². The number of benzene rings is 3. The molecule has 0 spiro atoms. The number of carbonyl (C=O) groups excluding carboxylic acids is 1. The summed E-state index contributed by atoms with van der Waals surface area (Å²) in [7, 11) is 2.13. The summed E-state index contributed by atoms with van der Waals surface area (Å²) in [6.45, 7) is 11.5. The Morgan fingerprint density at radius 2 is 1.78 bits per heavy atom. The average Bonchev–Trinajstić information content (AvgIpc) is 3.02. The number of amides is 1. The molecule has 0 bridgehead atoms. The minimum atomic E-state index is -0.611. The van der Waals surface area contributed by atoms with Gasteiger partial charge >= 0.3 is 6.09 Å². The van der Waals surface area contributed by atoms with Crippen LogP contribution in [0.2, 0.25) is 5.02 Å². The van der Waals surface area contributed by atoms with Gasteiger partial charge in [-0.15, -0.1) is 0 Å². The van der Waals surface area contributed by atoms with E-state index in [1.165, 1.54) is 17.2 Å². The van der Waals surface area contributed by atoms with Crippen molar-refractivity contribution >= 4 is 35.1 Å². The Morgan fingerprint density at radius 1 is 1.02 bits per heavy atom. The van der Waals surface area contributed by atoms with Crippen molar-refractivity contribution in [2.24, 2.45) is 0 Å². The molecule has 0 saturated carbocycles. The van der Waals surface area contributed by atoms with E-state index in [0.29, 0.717) is 28.9 Å². The van der Waals surface area contributed by atoms with Crippen LogP contribution in [0, 0.1) is 26.6 Å². The zero-order valence-corrected chi connectivity index (χ0v) is 27.5. The third-order valence-corrected chi connectivity index (χ3v) is 8.06. The highest BCUT2D eigenvalue weighted by molar-refractivity contribution is 6.30. The lowest BCUT2D eigenvalue weighted by molar-refractivity contribution is 0.145. The Labute approximate surface area is 274 Å². The Bertz CT molecular complexity index is 1640. The summed E-state index contributed by atoms with van der Waals surface area (Å²) in [5.41, 5.74) is 4.01. The lowest BCUT2D eigenvalue weighted by atomic mass is 10.1. The van der Waals surface area contributed by atoms with Crippen LogP contribution in [0.25, 0.3) is 0 Å². The summed E-state index contributed by atoms with van der Waals surface area (Å²) in [4.78, 5) is 28.7. The van der Waals surface area contributed by atoms with Crippen molar-refractivity contribution in [1.29, 1.82) is 0 Å². The molecule has 9 nitrogen and oxygen atoms in total. The molecule has 5 rings (SSSR count). The smallest absolute Gasteiger partial charge is 0.421 e. The molecule has 0 radical (unpaired) electrons. The lowest BCUT2D eigenvalue weighted by Crippen LogP contribution is -2.44. The van der Waals surface area contributed by atoms with Gasteiger partial charge in [-0.25, -0.2) is 14.2 Å². The summed E-state index contributed by atoms with van der Waals surface area (Å²) in [5.74, 6) is 0.678. The van der Waals surface area contributed by atoms with E-state index in [1.54, 1.807) is 30.3 Å². The maximum Gasteiger partial charge on any atom is 0.421 e. The molecular formula is C35H40ClFN6O3. The molecule has 1 fully saturated rings. The SMILES string of the molecule is Cc1cc(C)c(OC(=O)N(Cc2cccc(Cl)c2)c2ccnc(Nc3ccc(OCCCN4CCN(C)CC4)c(F)c3)n2)c(C)c1. The highest BCUT2D eigenvalue weighted by Crippen LogP contribution is 2.28. The van der Waals surface area contributed by atoms with Crippen LogP contribution in [-0.4, -0.2) is 72.2 Å². The Kier molecular flexibility index (Phi) is 11.1.